The molecule has 0 bridgehead atoms. The van der Waals surface area contributed by atoms with Crippen molar-refractivity contribution in [3.63, 3.8) is 0 Å². The summed E-state index contributed by atoms with van der Waals surface area (Å²) in [5, 5.41) is 2.13. The predicted molar refractivity (Wildman–Crippen MR) is 102 cm³/mol. The average molecular weight is 382 g/mol. The van der Waals surface area contributed by atoms with Crippen molar-refractivity contribution in [3.8, 4) is 5.75 Å². The molecule has 0 aliphatic carbocycles. The van der Waals surface area contributed by atoms with Gasteiger partial charge in [-0.3, -0.25) is 14.9 Å². The van der Waals surface area contributed by atoms with Crippen molar-refractivity contribution < 1.29 is 23.5 Å². The second-order valence-corrected chi connectivity index (χ2v) is 6.34. The van der Waals surface area contributed by atoms with Gasteiger partial charge in [0.2, 0.25) is 0 Å². The van der Waals surface area contributed by atoms with Gasteiger partial charge in [0.15, 0.2) is 0 Å². The molecule has 1 heterocycles. The lowest BCUT2D eigenvalue weighted by molar-refractivity contribution is -0.122. The van der Waals surface area contributed by atoms with Gasteiger partial charge in [0.05, 0.1) is 11.8 Å². The minimum Gasteiger partial charge on any atom is -0.491 e. The van der Waals surface area contributed by atoms with E-state index < -0.39 is 23.7 Å². The van der Waals surface area contributed by atoms with Gasteiger partial charge in [0, 0.05) is 0 Å². The normalized spacial score (nSPS) is 16.9. The van der Waals surface area contributed by atoms with Crippen LogP contribution in [0.3, 0.4) is 0 Å². The van der Waals surface area contributed by atoms with E-state index in [1.807, 2.05) is 13.8 Å². The molecule has 1 N–H and O–H groups in total. The highest BCUT2D eigenvalue weighted by molar-refractivity contribution is 6.39. The number of hydrogen-bond acceptors (Lipinski definition) is 4. The van der Waals surface area contributed by atoms with E-state index in [1.165, 1.54) is 18.2 Å². The second kappa shape index (κ2) is 8.04. The van der Waals surface area contributed by atoms with Crippen LogP contribution in [-0.4, -0.2) is 23.9 Å². The van der Waals surface area contributed by atoms with Crippen molar-refractivity contribution >= 4 is 29.6 Å². The van der Waals surface area contributed by atoms with E-state index in [-0.39, 0.29) is 17.4 Å². The molecule has 28 heavy (non-hydrogen) atoms. The van der Waals surface area contributed by atoms with Gasteiger partial charge in [0.1, 0.15) is 17.1 Å². The molecular formula is C21H19FN2O4. The number of anilines is 1. The molecule has 1 atom stereocenters. The molecule has 0 unspecified atom stereocenters. The van der Waals surface area contributed by atoms with Gasteiger partial charge < -0.3 is 4.74 Å². The van der Waals surface area contributed by atoms with Crippen LogP contribution < -0.4 is 15.0 Å². The maximum atomic E-state index is 13.1. The van der Waals surface area contributed by atoms with E-state index >= 15 is 0 Å². The smallest absolute Gasteiger partial charge is 0.335 e. The van der Waals surface area contributed by atoms with Crippen LogP contribution in [0.2, 0.25) is 0 Å². The lowest BCUT2D eigenvalue weighted by atomic mass is 10.1. The largest absolute Gasteiger partial charge is 0.491 e. The monoisotopic (exact) mass is 382 g/mol. The maximum Gasteiger partial charge on any atom is 0.335 e. The van der Waals surface area contributed by atoms with Crippen LogP contribution in [0.25, 0.3) is 6.08 Å². The molecule has 4 amide bonds. The number of nitrogens with zero attached hydrogens (tertiary/aromatic N) is 1. The number of carbonyl (C=O) groups is 3. The van der Waals surface area contributed by atoms with Crippen LogP contribution in [0.4, 0.5) is 14.9 Å². The highest BCUT2D eigenvalue weighted by Gasteiger charge is 2.36. The molecule has 2 aromatic carbocycles. The fourth-order valence-corrected chi connectivity index (χ4v) is 2.61. The standard InChI is InChI=1S/C21H19FN2O4/c1-3-13(2)28-17-10-4-14(5-11-17)12-18-19(25)23-21(27)24(20(18)26)16-8-6-15(22)7-9-16/h4-13H,3H2,1-2H3,(H,23,25,27)/b18-12+/t13-/m0/s1. The fraction of sp³-hybridized carbons (Fsp3) is 0.190. The Kier molecular flexibility index (Phi) is 5.54. The van der Waals surface area contributed by atoms with E-state index in [4.69, 9.17) is 4.74 Å². The van der Waals surface area contributed by atoms with Crippen LogP contribution in [-0.2, 0) is 9.59 Å². The maximum absolute atomic E-state index is 13.1. The zero-order chi connectivity index (χ0) is 20.3. The third-order valence-electron chi connectivity index (χ3n) is 4.29. The van der Waals surface area contributed by atoms with Gasteiger partial charge in [-0.25, -0.2) is 14.1 Å². The summed E-state index contributed by atoms with van der Waals surface area (Å²) in [7, 11) is 0. The van der Waals surface area contributed by atoms with E-state index in [9.17, 15) is 18.8 Å². The highest BCUT2D eigenvalue weighted by atomic mass is 19.1. The number of halogens is 1. The summed E-state index contributed by atoms with van der Waals surface area (Å²) < 4.78 is 18.8. The molecular weight excluding hydrogens is 363 g/mol. The number of imide groups is 2. The van der Waals surface area contributed by atoms with Gasteiger partial charge in [-0.1, -0.05) is 19.1 Å². The molecule has 144 valence electrons. The Balaban J connectivity index is 1.87. The summed E-state index contributed by atoms with van der Waals surface area (Å²) in [6, 6.07) is 10.9. The Morgan fingerprint density at radius 3 is 2.32 bits per heavy atom. The summed E-state index contributed by atoms with van der Waals surface area (Å²) in [5.41, 5.74) is 0.572. The van der Waals surface area contributed by atoms with E-state index in [0.29, 0.717) is 11.3 Å². The highest BCUT2D eigenvalue weighted by Crippen LogP contribution is 2.23. The Morgan fingerprint density at radius 1 is 1.07 bits per heavy atom. The number of urea groups is 1. The summed E-state index contributed by atoms with van der Waals surface area (Å²) >= 11 is 0. The molecule has 0 radical (unpaired) electrons. The molecule has 0 saturated carbocycles. The van der Waals surface area contributed by atoms with Gasteiger partial charge in [-0.15, -0.1) is 0 Å². The fourth-order valence-electron chi connectivity index (χ4n) is 2.61. The summed E-state index contributed by atoms with van der Waals surface area (Å²) in [5.74, 6) is -1.38. The lowest BCUT2D eigenvalue weighted by Crippen LogP contribution is -2.54. The molecule has 0 aromatic heterocycles. The first-order valence-corrected chi connectivity index (χ1v) is 8.82. The second-order valence-electron chi connectivity index (χ2n) is 6.34. The molecule has 0 spiro atoms. The Hall–Kier alpha value is -3.48. The van der Waals surface area contributed by atoms with E-state index in [0.717, 1.165) is 23.5 Å². The molecule has 7 heteroatoms. The number of ether oxygens (including phenoxy) is 1. The first kappa shape index (κ1) is 19.3. The molecule has 1 fully saturated rings. The van der Waals surface area contributed by atoms with Gasteiger partial charge in [-0.2, -0.15) is 0 Å². The topological polar surface area (TPSA) is 75.7 Å². The SMILES string of the molecule is CC[C@H](C)Oc1ccc(/C=C2\C(=O)NC(=O)N(c3ccc(F)cc3)C2=O)cc1. The Morgan fingerprint density at radius 2 is 1.71 bits per heavy atom. The number of nitrogens with one attached hydrogen (secondary N) is 1. The summed E-state index contributed by atoms with van der Waals surface area (Å²) in [6.45, 7) is 3.98. The van der Waals surface area contributed by atoms with Gasteiger partial charge in [0.25, 0.3) is 11.8 Å². The molecule has 2 aromatic rings. The molecule has 1 aliphatic heterocycles. The number of benzene rings is 2. The van der Waals surface area contributed by atoms with Crippen LogP contribution in [0.15, 0.2) is 54.1 Å². The summed E-state index contributed by atoms with van der Waals surface area (Å²) in [4.78, 5) is 37.8. The van der Waals surface area contributed by atoms with E-state index in [1.54, 1.807) is 24.3 Å². The van der Waals surface area contributed by atoms with Crippen molar-refractivity contribution in [1.82, 2.24) is 5.32 Å². The minimum atomic E-state index is -0.879. The Bertz CT molecular complexity index is 936. The summed E-state index contributed by atoms with van der Waals surface area (Å²) in [6.07, 6.45) is 2.34. The zero-order valence-electron chi connectivity index (χ0n) is 15.4. The number of hydrogen-bond donors (Lipinski definition) is 1. The van der Waals surface area contributed by atoms with Crippen molar-refractivity contribution in [3.05, 3.63) is 65.5 Å². The average Bonchev–Trinajstić information content (AvgIpc) is 2.67. The van der Waals surface area contributed by atoms with Crippen molar-refractivity contribution in [2.75, 3.05) is 4.90 Å². The number of rotatable bonds is 5. The first-order chi connectivity index (χ1) is 13.4. The van der Waals surface area contributed by atoms with Crippen molar-refractivity contribution in [1.29, 1.82) is 0 Å². The molecule has 3 rings (SSSR count). The number of carbonyl (C=O) groups excluding carboxylic acids is 3. The number of amides is 4. The van der Waals surface area contributed by atoms with Crippen molar-refractivity contribution in [2.45, 2.75) is 26.4 Å². The van der Waals surface area contributed by atoms with Gasteiger partial charge in [-0.05, 0) is 61.4 Å². The lowest BCUT2D eigenvalue weighted by Gasteiger charge is -2.26. The predicted octanol–water partition coefficient (Wildman–Crippen LogP) is 3.67. The quantitative estimate of drug-likeness (QED) is 0.632. The Labute approximate surface area is 161 Å². The number of barbiturate groups is 1. The van der Waals surface area contributed by atoms with Crippen molar-refractivity contribution in [2.24, 2.45) is 0 Å². The minimum absolute atomic E-state index is 0.0742. The first-order valence-electron chi connectivity index (χ1n) is 8.82. The van der Waals surface area contributed by atoms with Crippen LogP contribution in [0, 0.1) is 5.82 Å². The zero-order valence-corrected chi connectivity index (χ0v) is 15.4. The van der Waals surface area contributed by atoms with Gasteiger partial charge >= 0.3 is 6.03 Å². The third kappa shape index (κ3) is 4.09. The van der Waals surface area contributed by atoms with Crippen LogP contribution in [0.5, 0.6) is 5.75 Å². The molecule has 6 nitrogen and oxygen atoms in total. The molecule has 1 saturated heterocycles. The van der Waals surface area contributed by atoms with E-state index in [2.05, 4.69) is 5.32 Å². The third-order valence-corrected chi connectivity index (χ3v) is 4.29. The van der Waals surface area contributed by atoms with Crippen LogP contribution >= 0.6 is 0 Å². The van der Waals surface area contributed by atoms with Crippen LogP contribution in [0.1, 0.15) is 25.8 Å². The molecule has 1 aliphatic rings.